The van der Waals surface area contributed by atoms with E-state index in [4.69, 9.17) is 16.0 Å². The Balaban J connectivity index is 1.91. The highest BCUT2D eigenvalue weighted by molar-refractivity contribution is 8.18. The SMILES string of the molecule is Cc1ccc(Cl)cc1-c1ccc(/C=C2/SC(=O)N(C(C)C)C2=O)o1. The smallest absolute Gasteiger partial charge is 0.293 e. The van der Waals surface area contributed by atoms with Gasteiger partial charge in [-0.05, 0) is 62.4 Å². The van der Waals surface area contributed by atoms with Crippen LogP contribution in [0.15, 0.2) is 39.7 Å². The van der Waals surface area contributed by atoms with Crippen LogP contribution in [0.25, 0.3) is 17.4 Å². The second kappa shape index (κ2) is 6.49. The number of furan rings is 1. The van der Waals surface area contributed by atoms with Gasteiger partial charge in [-0.3, -0.25) is 14.5 Å². The number of thioether (sulfide) groups is 1. The van der Waals surface area contributed by atoms with Crippen molar-refractivity contribution >= 4 is 40.6 Å². The standard InChI is InChI=1S/C18H16ClNO3S/c1-10(2)20-17(21)16(24-18(20)22)9-13-6-7-15(23-13)14-8-12(19)5-4-11(14)3/h4-10H,1-3H3/b16-9+. The Morgan fingerprint density at radius 1 is 1.21 bits per heavy atom. The maximum atomic E-state index is 12.3. The summed E-state index contributed by atoms with van der Waals surface area (Å²) in [6, 6.07) is 9.03. The van der Waals surface area contributed by atoms with Crippen molar-refractivity contribution in [2.24, 2.45) is 0 Å². The molecule has 0 radical (unpaired) electrons. The van der Waals surface area contributed by atoms with Gasteiger partial charge in [0.05, 0.1) is 4.91 Å². The molecule has 2 aromatic rings. The molecule has 24 heavy (non-hydrogen) atoms. The molecule has 1 aliphatic heterocycles. The van der Waals surface area contributed by atoms with E-state index in [9.17, 15) is 9.59 Å². The summed E-state index contributed by atoms with van der Waals surface area (Å²) in [6.07, 6.45) is 1.61. The third-order valence-electron chi connectivity index (χ3n) is 3.71. The van der Waals surface area contributed by atoms with E-state index in [0.717, 1.165) is 22.9 Å². The van der Waals surface area contributed by atoms with Gasteiger partial charge in [-0.25, -0.2) is 0 Å². The molecule has 0 bridgehead atoms. The largest absolute Gasteiger partial charge is 0.457 e. The van der Waals surface area contributed by atoms with Gasteiger partial charge in [0.25, 0.3) is 11.1 Å². The lowest BCUT2D eigenvalue weighted by Crippen LogP contribution is -2.34. The monoisotopic (exact) mass is 361 g/mol. The van der Waals surface area contributed by atoms with Crippen LogP contribution in [0.1, 0.15) is 25.2 Å². The van der Waals surface area contributed by atoms with Gasteiger partial charge in [0.2, 0.25) is 0 Å². The highest BCUT2D eigenvalue weighted by Gasteiger charge is 2.36. The van der Waals surface area contributed by atoms with E-state index < -0.39 is 0 Å². The Bertz CT molecular complexity index is 854. The maximum absolute atomic E-state index is 12.3. The Labute approximate surface area is 149 Å². The van der Waals surface area contributed by atoms with E-state index in [1.54, 1.807) is 12.1 Å². The van der Waals surface area contributed by atoms with Crippen LogP contribution in [0.4, 0.5) is 4.79 Å². The number of hydrogen-bond acceptors (Lipinski definition) is 4. The molecule has 1 aliphatic rings. The summed E-state index contributed by atoms with van der Waals surface area (Å²) < 4.78 is 5.82. The molecule has 124 valence electrons. The minimum absolute atomic E-state index is 0.162. The number of halogens is 1. The molecule has 1 aromatic carbocycles. The van der Waals surface area contributed by atoms with E-state index in [1.165, 1.54) is 4.90 Å². The molecule has 0 atom stereocenters. The van der Waals surface area contributed by atoms with Crippen LogP contribution >= 0.6 is 23.4 Å². The Morgan fingerprint density at radius 2 is 1.96 bits per heavy atom. The molecule has 1 fully saturated rings. The first-order valence-corrected chi connectivity index (χ1v) is 8.69. The summed E-state index contributed by atoms with van der Waals surface area (Å²) in [4.78, 5) is 25.8. The summed E-state index contributed by atoms with van der Waals surface area (Å²) in [6.45, 7) is 5.60. The lowest BCUT2D eigenvalue weighted by Gasteiger charge is -2.16. The van der Waals surface area contributed by atoms with Crippen LogP contribution < -0.4 is 0 Å². The highest BCUT2D eigenvalue weighted by Crippen LogP contribution is 2.35. The second-order valence-electron chi connectivity index (χ2n) is 5.81. The number of rotatable bonds is 3. The molecule has 0 aliphatic carbocycles. The summed E-state index contributed by atoms with van der Waals surface area (Å²) in [5.74, 6) is 0.917. The van der Waals surface area contributed by atoms with Gasteiger partial charge in [0.1, 0.15) is 11.5 Å². The number of nitrogens with zero attached hydrogens (tertiary/aromatic N) is 1. The van der Waals surface area contributed by atoms with Crippen LogP contribution in [0.5, 0.6) is 0 Å². The number of carbonyl (C=O) groups is 2. The molecule has 1 saturated heterocycles. The normalized spacial score (nSPS) is 16.7. The molecule has 1 aromatic heterocycles. The van der Waals surface area contributed by atoms with E-state index in [-0.39, 0.29) is 17.2 Å². The van der Waals surface area contributed by atoms with Crippen molar-refractivity contribution in [3.05, 3.63) is 51.6 Å². The van der Waals surface area contributed by atoms with Crippen LogP contribution in [-0.4, -0.2) is 22.1 Å². The molecular formula is C18H16ClNO3S. The van der Waals surface area contributed by atoms with Crippen molar-refractivity contribution in [3.8, 4) is 11.3 Å². The third kappa shape index (κ3) is 3.14. The average molecular weight is 362 g/mol. The minimum Gasteiger partial charge on any atom is -0.457 e. The molecule has 2 amide bonds. The highest BCUT2D eigenvalue weighted by atomic mass is 35.5. The number of benzene rings is 1. The molecule has 0 unspecified atom stereocenters. The van der Waals surface area contributed by atoms with Gasteiger partial charge in [-0.2, -0.15) is 0 Å². The average Bonchev–Trinajstić information content (AvgIpc) is 3.07. The van der Waals surface area contributed by atoms with Gasteiger partial charge in [-0.1, -0.05) is 17.7 Å². The molecule has 3 rings (SSSR count). The molecular weight excluding hydrogens is 346 g/mol. The first-order chi connectivity index (χ1) is 11.4. The van der Waals surface area contributed by atoms with Crippen molar-refractivity contribution in [1.82, 2.24) is 4.90 Å². The summed E-state index contributed by atoms with van der Waals surface area (Å²) in [7, 11) is 0. The predicted molar refractivity (Wildman–Crippen MR) is 96.8 cm³/mol. The lowest BCUT2D eigenvalue weighted by molar-refractivity contribution is -0.123. The van der Waals surface area contributed by atoms with Crippen LogP contribution in [-0.2, 0) is 4.79 Å². The zero-order chi connectivity index (χ0) is 17.4. The van der Waals surface area contributed by atoms with Crippen LogP contribution in [0.3, 0.4) is 0 Å². The predicted octanol–water partition coefficient (Wildman–Crippen LogP) is 5.35. The zero-order valence-electron chi connectivity index (χ0n) is 13.5. The molecule has 0 saturated carbocycles. The van der Waals surface area contributed by atoms with E-state index in [1.807, 2.05) is 45.0 Å². The number of imide groups is 1. The third-order valence-corrected chi connectivity index (χ3v) is 4.82. The minimum atomic E-state index is -0.281. The Hall–Kier alpha value is -1.98. The van der Waals surface area contributed by atoms with Crippen LogP contribution in [0.2, 0.25) is 5.02 Å². The lowest BCUT2D eigenvalue weighted by atomic mass is 10.1. The van der Waals surface area contributed by atoms with Gasteiger partial charge < -0.3 is 4.42 Å². The molecule has 4 nitrogen and oxygen atoms in total. The number of hydrogen-bond donors (Lipinski definition) is 0. The van der Waals surface area contributed by atoms with E-state index in [0.29, 0.717) is 21.4 Å². The van der Waals surface area contributed by atoms with Gasteiger partial charge >= 0.3 is 0 Å². The van der Waals surface area contributed by atoms with E-state index >= 15 is 0 Å². The fourth-order valence-electron chi connectivity index (χ4n) is 2.49. The second-order valence-corrected chi connectivity index (χ2v) is 7.24. The summed E-state index contributed by atoms with van der Waals surface area (Å²) in [5.41, 5.74) is 1.94. The number of carbonyl (C=O) groups excluding carboxylic acids is 2. The van der Waals surface area contributed by atoms with Crippen molar-refractivity contribution in [2.45, 2.75) is 26.8 Å². The van der Waals surface area contributed by atoms with Gasteiger partial charge in [-0.15, -0.1) is 0 Å². The van der Waals surface area contributed by atoms with Crippen molar-refractivity contribution in [1.29, 1.82) is 0 Å². The molecule has 2 heterocycles. The van der Waals surface area contributed by atoms with Crippen molar-refractivity contribution in [2.75, 3.05) is 0 Å². The number of amides is 2. The summed E-state index contributed by atoms with van der Waals surface area (Å²) >= 11 is 6.98. The Kier molecular flexibility index (Phi) is 4.56. The first-order valence-electron chi connectivity index (χ1n) is 7.50. The molecule has 0 spiro atoms. The quantitative estimate of drug-likeness (QED) is 0.691. The topological polar surface area (TPSA) is 50.5 Å². The molecule has 0 N–H and O–H groups in total. The van der Waals surface area contributed by atoms with Crippen molar-refractivity contribution in [3.63, 3.8) is 0 Å². The van der Waals surface area contributed by atoms with Crippen LogP contribution in [0, 0.1) is 6.92 Å². The van der Waals surface area contributed by atoms with Crippen molar-refractivity contribution < 1.29 is 14.0 Å². The maximum Gasteiger partial charge on any atom is 0.293 e. The Morgan fingerprint density at radius 3 is 2.62 bits per heavy atom. The van der Waals surface area contributed by atoms with E-state index in [2.05, 4.69) is 0 Å². The fraction of sp³-hybridized carbons (Fsp3) is 0.222. The molecule has 6 heteroatoms. The number of aryl methyl sites for hydroxylation is 1. The van der Waals surface area contributed by atoms with Gasteiger partial charge in [0, 0.05) is 22.7 Å². The zero-order valence-corrected chi connectivity index (χ0v) is 15.1. The van der Waals surface area contributed by atoms with Gasteiger partial charge in [0.15, 0.2) is 0 Å². The fourth-order valence-corrected chi connectivity index (χ4v) is 3.60. The summed E-state index contributed by atoms with van der Waals surface area (Å²) in [5, 5.41) is 0.380. The first kappa shape index (κ1) is 16.9.